The van der Waals surface area contributed by atoms with E-state index in [4.69, 9.17) is 19.3 Å². The zero-order valence-electron chi connectivity index (χ0n) is 10.2. The van der Waals surface area contributed by atoms with Gasteiger partial charge in [0.1, 0.15) is 31.0 Å². The number of aliphatic hydroxyl groups excluding tert-OH is 3. The molecule has 0 unspecified atom stereocenters. The molecule has 3 N–H and O–H groups in total. The molecular formula is C10H20O7. The first-order valence-electron chi connectivity index (χ1n) is 5.13. The van der Waals surface area contributed by atoms with Crippen molar-refractivity contribution in [1.29, 1.82) is 0 Å². The number of hydrogen-bond acceptors (Lipinski definition) is 7. The Bertz CT molecular complexity index is 221. The molecule has 0 fully saturated rings. The lowest BCUT2D eigenvalue weighted by molar-refractivity contribution is -0.163. The lowest BCUT2D eigenvalue weighted by Gasteiger charge is -2.30. The first kappa shape index (κ1) is 16.3. The van der Waals surface area contributed by atoms with E-state index >= 15 is 0 Å². The average molecular weight is 252 g/mol. The summed E-state index contributed by atoms with van der Waals surface area (Å²) in [4.78, 5) is 10.7. The van der Waals surface area contributed by atoms with Gasteiger partial charge >= 0.3 is 5.97 Å². The van der Waals surface area contributed by atoms with Crippen molar-refractivity contribution < 1.29 is 34.3 Å². The molecule has 0 amide bonds. The van der Waals surface area contributed by atoms with E-state index < -0.39 is 37.0 Å². The van der Waals surface area contributed by atoms with E-state index in [9.17, 15) is 15.0 Å². The Hall–Kier alpha value is -0.730. The van der Waals surface area contributed by atoms with E-state index in [0.717, 1.165) is 0 Å². The quantitative estimate of drug-likeness (QED) is 0.442. The van der Waals surface area contributed by atoms with Gasteiger partial charge in [-0.05, 0) is 0 Å². The topological polar surface area (TPSA) is 105 Å². The molecule has 17 heavy (non-hydrogen) atoms. The normalized spacial score (nSPS) is 18.2. The van der Waals surface area contributed by atoms with E-state index in [1.54, 1.807) is 0 Å². The molecule has 0 aromatic heterocycles. The van der Waals surface area contributed by atoms with Crippen LogP contribution in [0.2, 0.25) is 0 Å². The van der Waals surface area contributed by atoms with Crippen LogP contribution in [0.25, 0.3) is 0 Å². The standard InChI is InChI=1S/C10H20O7/c1-6(12)17-5-8(15-2)10(16-3)9(14)7(13)4-11/h7-11,13-14H,4-5H2,1-3H3/t7-,8+,9-,10-/m1/s1. The maximum absolute atomic E-state index is 10.7. The van der Waals surface area contributed by atoms with Crippen molar-refractivity contribution in [2.75, 3.05) is 27.4 Å². The third-order valence-corrected chi connectivity index (χ3v) is 2.31. The van der Waals surface area contributed by atoms with Gasteiger partial charge in [-0.25, -0.2) is 0 Å². The molecule has 0 aromatic rings. The molecule has 0 aromatic carbocycles. The van der Waals surface area contributed by atoms with Gasteiger partial charge < -0.3 is 29.5 Å². The summed E-state index contributed by atoms with van der Waals surface area (Å²) in [5, 5.41) is 27.7. The minimum atomic E-state index is -1.35. The van der Waals surface area contributed by atoms with Gasteiger partial charge in [0, 0.05) is 21.1 Å². The number of carbonyl (C=O) groups is 1. The van der Waals surface area contributed by atoms with Gasteiger partial charge in [-0.3, -0.25) is 4.79 Å². The zero-order chi connectivity index (χ0) is 13.4. The second-order valence-corrected chi connectivity index (χ2v) is 3.52. The lowest BCUT2D eigenvalue weighted by atomic mass is 10.0. The summed E-state index contributed by atoms with van der Waals surface area (Å²) in [5.74, 6) is -0.487. The molecule has 0 saturated carbocycles. The molecule has 4 atom stereocenters. The molecule has 0 heterocycles. The first-order valence-corrected chi connectivity index (χ1v) is 5.13. The van der Waals surface area contributed by atoms with Crippen molar-refractivity contribution in [3.8, 4) is 0 Å². The molecule has 102 valence electrons. The lowest BCUT2D eigenvalue weighted by Crippen LogP contribution is -2.49. The zero-order valence-corrected chi connectivity index (χ0v) is 10.2. The van der Waals surface area contributed by atoms with Crippen LogP contribution in [0.15, 0.2) is 0 Å². The minimum absolute atomic E-state index is 0.112. The van der Waals surface area contributed by atoms with Crippen molar-refractivity contribution in [3.05, 3.63) is 0 Å². The van der Waals surface area contributed by atoms with Crippen molar-refractivity contribution in [3.63, 3.8) is 0 Å². The number of ether oxygens (including phenoxy) is 3. The highest BCUT2D eigenvalue weighted by Gasteiger charge is 2.33. The van der Waals surface area contributed by atoms with E-state index in [2.05, 4.69) is 0 Å². The highest BCUT2D eigenvalue weighted by Crippen LogP contribution is 2.12. The van der Waals surface area contributed by atoms with Gasteiger partial charge in [-0.2, -0.15) is 0 Å². The predicted octanol–water partition coefficient (Wildman–Crippen LogP) is -1.71. The fraction of sp³-hybridized carbons (Fsp3) is 0.900. The van der Waals surface area contributed by atoms with Crippen LogP contribution in [0.4, 0.5) is 0 Å². The van der Waals surface area contributed by atoms with Crippen LogP contribution in [-0.2, 0) is 19.0 Å². The smallest absolute Gasteiger partial charge is 0.302 e. The van der Waals surface area contributed by atoms with E-state index in [-0.39, 0.29) is 6.61 Å². The monoisotopic (exact) mass is 252 g/mol. The second kappa shape index (κ2) is 8.37. The Morgan fingerprint density at radius 3 is 2.18 bits per heavy atom. The fourth-order valence-corrected chi connectivity index (χ4v) is 1.33. The largest absolute Gasteiger partial charge is 0.463 e. The van der Waals surface area contributed by atoms with Gasteiger partial charge in [0.2, 0.25) is 0 Å². The number of esters is 1. The Morgan fingerprint density at radius 2 is 1.82 bits per heavy atom. The van der Waals surface area contributed by atoms with E-state index in [1.165, 1.54) is 21.1 Å². The highest BCUT2D eigenvalue weighted by molar-refractivity contribution is 5.65. The van der Waals surface area contributed by atoms with Crippen LogP contribution in [0.5, 0.6) is 0 Å². The number of hydrogen-bond donors (Lipinski definition) is 3. The van der Waals surface area contributed by atoms with Crippen LogP contribution in [0, 0.1) is 0 Å². The van der Waals surface area contributed by atoms with Crippen LogP contribution in [0.1, 0.15) is 6.92 Å². The van der Waals surface area contributed by atoms with Crippen molar-refractivity contribution >= 4 is 5.97 Å². The molecule has 0 radical (unpaired) electrons. The fourth-order valence-electron chi connectivity index (χ4n) is 1.33. The molecule has 0 bridgehead atoms. The highest BCUT2D eigenvalue weighted by atomic mass is 16.6. The summed E-state index contributed by atoms with van der Waals surface area (Å²) >= 11 is 0. The number of methoxy groups -OCH3 is 2. The summed E-state index contributed by atoms with van der Waals surface area (Å²) in [6, 6.07) is 0. The first-order chi connectivity index (χ1) is 7.97. The van der Waals surface area contributed by atoms with E-state index in [1.807, 2.05) is 0 Å². The SMILES string of the molecule is CO[C@@H]([C@H](O)[C@H](O)CO)[C@H](COC(C)=O)OC. The summed E-state index contributed by atoms with van der Waals surface area (Å²) in [6.07, 6.45) is -4.35. The molecule has 0 spiro atoms. The number of carbonyl (C=O) groups excluding carboxylic acids is 1. The third-order valence-electron chi connectivity index (χ3n) is 2.31. The molecule has 7 nitrogen and oxygen atoms in total. The average Bonchev–Trinajstić information content (AvgIpc) is 2.32. The molecule has 7 heteroatoms. The Balaban J connectivity index is 4.51. The Labute approximate surface area is 99.9 Å². The van der Waals surface area contributed by atoms with Crippen molar-refractivity contribution in [2.45, 2.75) is 31.3 Å². The third kappa shape index (κ3) is 5.42. The van der Waals surface area contributed by atoms with E-state index in [0.29, 0.717) is 0 Å². The summed E-state index contributed by atoms with van der Waals surface area (Å²) in [7, 11) is 2.68. The molecule has 0 aliphatic carbocycles. The second-order valence-electron chi connectivity index (χ2n) is 3.52. The molecular weight excluding hydrogens is 232 g/mol. The maximum atomic E-state index is 10.7. The van der Waals surface area contributed by atoms with Gasteiger partial charge in [0.15, 0.2) is 0 Å². The Kier molecular flexibility index (Phi) is 8.01. The number of aliphatic hydroxyl groups is 3. The van der Waals surface area contributed by atoms with Gasteiger partial charge in [0.05, 0.1) is 6.61 Å². The van der Waals surface area contributed by atoms with Gasteiger partial charge in [-0.15, -0.1) is 0 Å². The van der Waals surface area contributed by atoms with Crippen LogP contribution < -0.4 is 0 Å². The van der Waals surface area contributed by atoms with Crippen molar-refractivity contribution in [1.82, 2.24) is 0 Å². The van der Waals surface area contributed by atoms with Crippen LogP contribution in [0.3, 0.4) is 0 Å². The van der Waals surface area contributed by atoms with Crippen LogP contribution >= 0.6 is 0 Å². The maximum Gasteiger partial charge on any atom is 0.302 e. The predicted molar refractivity (Wildman–Crippen MR) is 57.3 cm³/mol. The molecule has 0 aliphatic heterocycles. The van der Waals surface area contributed by atoms with Gasteiger partial charge in [0.25, 0.3) is 0 Å². The minimum Gasteiger partial charge on any atom is -0.463 e. The Morgan fingerprint density at radius 1 is 1.24 bits per heavy atom. The van der Waals surface area contributed by atoms with Gasteiger partial charge in [-0.1, -0.05) is 0 Å². The molecule has 0 saturated heterocycles. The van der Waals surface area contributed by atoms with Crippen LogP contribution in [-0.4, -0.2) is 73.1 Å². The van der Waals surface area contributed by atoms with Crippen molar-refractivity contribution in [2.24, 2.45) is 0 Å². The summed E-state index contributed by atoms with van der Waals surface area (Å²) in [6.45, 7) is 0.526. The molecule has 0 aliphatic rings. The summed E-state index contributed by atoms with van der Waals surface area (Å²) in [5.41, 5.74) is 0. The molecule has 0 rings (SSSR count). The number of rotatable bonds is 8. The summed E-state index contributed by atoms with van der Waals surface area (Å²) < 4.78 is 14.7.